The fraction of sp³-hybridized carbons (Fsp3) is 0.273. The van der Waals surface area contributed by atoms with Crippen LogP contribution in [0.15, 0.2) is 39.1 Å². The number of aryl methyl sites for hydroxylation is 1. The largest absolute Gasteiger partial charge is 0.367 e. The number of aromatic amines is 1. The Kier molecular flexibility index (Phi) is 3.64. The molecule has 0 aliphatic heterocycles. The Balaban J connectivity index is 2.40. The number of nitrogens with zero attached hydrogens (tertiary/aromatic N) is 2. The van der Waals surface area contributed by atoms with Gasteiger partial charge in [-0.15, -0.1) is 0 Å². The second-order valence-electron chi connectivity index (χ2n) is 4.29. The molecule has 20 heavy (non-hydrogen) atoms. The zero-order valence-electron chi connectivity index (χ0n) is 11.0. The lowest BCUT2D eigenvalue weighted by molar-refractivity contribution is 0.570. The van der Waals surface area contributed by atoms with Gasteiger partial charge in [0, 0.05) is 39.2 Å². The van der Waals surface area contributed by atoms with Gasteiger partial charge in [-0.05, 0) is 11.6 Å². The molecule has 0 atom stereocenters. The van der Waals surface area contributed by atoms with Gasteiger partial charge in [-0.2, -0.15) is 0 Å². The molecule has 0 saturated heterocycles. The molecule has 0 spiro atoms. The van der Waals surface area contributed by atoms with E-state index in [1.54, 1.807) is 18.5 Å². The third-order valence-corrected chi connectivity index (χ3v) is 4.22. The van der Waals surface area contributed by atoms with Gasteiger partial charge in [0.1, 0.15) is 0 Å². The molecule has 0 amide bonds. The lowest BCUT2D eigenvalue weighted by Crippen LogP contribution is -2.41. The van der Waals surface area contributed by atoms with Crippen LogP contribution in [0.1, 0.15) is 5.56 Å². The smallest absolute Gasteiger partial charge is 0.330 e. The van der Waals surface area contributed by atoms with Crippen molar-refractivity contribution >= 4 is 10.0 Å². The van der Waals surface area contributed by atoms with E-state index in [-0.39, 0.29) is 6.54 Å². The van der Waals surface area contributed by atoms with Crippen LogP contribution in [0.4, 0.5) is 0 Å². The van der Waals surface area contributed by atoms with E-state index < -0.39 is 26.2 Å². The molecular formula is C11H14N4O4S. The van der Waals surface area contributed by atoms with Crippen molar-refractivity contribution in [1.82, 2.24) is 18.8 Å². The molecule has 9 heteroatoms. The number of rotatable bonds is 4. The predicted octanol–water partition coefficient (Wildman–Crippen LogP) is -1.11. The molecule has 2 aromatic heterocycles. The molecule has 2 aromatic rings. The van der Waals surface area contributed by atoms with Crippen molar-refractivity contribution in [3.05, 3.63) is 51.1 Å². The first-order valence-electron chi connectivity index (χ1n) is 5.71. The maximum atomic E-state index is 12.1. The van der Waals surface area contributed by atoms with Crippen molar-refractivity contribution in [3.63, 3.8) is 0 Å². The highest BCUT2D eigenvalue weighted by Gasteiger charge is 2.21. The molecule has 0 saturated carbocycles. The van der Waals surface area contributed by atoms with E-state index in [4.69, 9.17) is 0 Å². The molecule has 0 bridgehead atoms. The van der Waals surface area contributed by atoms with Crippen molar-refractivity contribution in [1.29, 1.82) is 0 Å². The third kappa shape index (κ3) is 2.58. The Bertz CT molecular complexity index is 830. The van der Waals surface area contributed by atoms with Crippen molar-refractivity contribution in [2.24, 2.45) is 14.1 Å². The third-order valence-electron chi connectivity index (χ3n) is 2.83. The molecule has 0 aliphatic carbocycles. The summed E-state index contributed by atoms with van der Waals surface area (Å²) in [6, 6.07) is 1.71. The van der Waals surface area contributed by atoms with Crippen LogP contribution < -0.4 is 16.0 Å². The second-order valence-corrected chi connectivity index (χ2v) is 6.03. The number of H-pyrrole nitrogens is 1. The highest BCUT2D eigenvalue weighted by atomic mass is 32.2. The molecule has 2 heterocycles. The Labute approximate surface area is 114 Å². The predicted molar refractivity (Wildman–Crippen MR) is 71.7 cm³/mol. The summed E-state index contributed by atoms with van der Waals surface area (Å²) in [5, 5.41) is 0. The lowest BCUT2D eigenvalue weighted by Gasteiger charge is -2.08. The first kappa shape index (κ1) is 14.3. The van der Waals surface area contributed by atoms with E-state index in [1.807, 2.05) is 0 Å². The van der Waals surface area contributed by atoms with Gasteiger partial charge in [0.15, 0.2) is 4.90 Å². The molecule has 0 aliphatic rings. The van der Waals surface area contributed by atoms with Gasteiger partial charge in [0.25, 0.3) is 5.56 Å². The molecule has 0 fully saturated rings. The van der Waals surface area contributed by atoms with Crippen molar-refractivity contribution in [2.75, 3.05) is 0 Å². The molecule has 108 valence electrons. The standard InChI is InChI=1S/C11H14N4O4S/c1-14-7-9(10(16)15(2)11(14)17)20(18,19)13-6-8-3-4-12-5-8/h3-5,7,12-13H,6H2,1-2H3. The maximum absolute atomic E-state index is 12.1. The van der Waals surface area contributed by atoms with Gasteiger partial charge in [-0.1, -0.05) is 0 Å². The van der Waals surface area contributed by atoms with E-state index in [0.717, 1.165) is 20.9 Å². The van der Waals surface area contributed by atoms with Gasteiger partial charge in [0.2, 0.25) is 10.0 Å². The highest BCUT2D eigenvalue weighted by molar-refractivity contribution is 7.89. The summed E-state index contributed by atoms with van der Waals surface area (Å²) in [5.41, 5.74) is -0.704. The quantitative estimate of drug-likeness (QED) is 0.746. The topological polar surface area (TPSA) is 106 Å². The SMILES string of the molecule is Cn1cc(S(=O)(=O)NCc2cc[nH]c2)c(=O)n(C)c1=O. The average Bonchev–Trinajstić information content (AvgIpc) is 2.91. The van der Waals surface area contributed by atoms with E-state index in [2.05, 4.69) is 9.71 Å². The van der Waals surface area contributed by atoms with E-state index in [0.29, 0.717) is 0 Å². The van der Waals surface area contributed by atoms with Gasteiger partial charge in [0.05, 0.1) is 0 Å². The fourth-order valence-corrected chi connectivity index (χ4v) is 2.86. The molecule has 8 nitrogen and oxygen atoms in total. The number of hydrogen-bond acceptors (Lipinski definition) is 4. The number of hydrogen-bond donors (Lipinski definition) is 2. The van der Waals surface area contributed by atoms with Gasteiger partial charge in [-0.25, -0.2) is 17.9 Å². The minimum Gasteiger partial charge on any atom is -0.367 e. The first-order chi connectivity index (χ1) is 9.33. The van der Waals surface area contributed by atoms with E-state index >= 15 is 0 Å². The summed E-state index contributed by atoms with van der Waals surface area (Å²) in [6.45, 7) is 0.0534. The van der Waals surface area contributed by atoms with Crippen LogP contribution in [-0.2, 0) is 30.7 Å². The lowest BCUT2D eigenvalue weighted by atomic mass is 10.4. The average molecular weight is 298 g/mol. The molecule has 2 rings (SSSR count). The van der Waals surface area contributed by atoms with Crippen LogP contribution in [0, 0.1) is 0 Å². The maximum Gasteiger partial charge on any atom is 0.330 e. The zero-order valence-corrected chi connectivity index (χ0v) is 11.8. The monoisotopic (exact) mass is 298 g/mol. The Morgan fingerprint density at radius 2 is 2.00 bits per heavy atom. The molecular weight excluding hydrogens is 284 g/mol. The highest BCUT2D eigenvalue weighted by Crippen LogP contribution is 2.03. The Morgan fingerprint density at radius 3 is 2.60 bits per heavy atom. The Morgan fingerprint density at radius 1 is 1.30 bits per heavy atom. The van der Waals surface area contributed by atoms with Gasteiger partial charge in [-0.3, -0.25) is 9.36 Å². The van der Waals surface area contributed by atoms with Crippen LogP contribution in [0.5, 0.6) is 0 Å². The zero-order chi connectivity index (χ0) is 14.9. The molecule has 0 aromatic carbocycles. The second kappa shape index (κ2) is 5.10. The van der Waals surface area contributed by atoms with Crippen molar-refractivity contribution in [3.8, 4) is 0 Å². The molecule has 0 radical (unpaired) electrons. The number of nitrogens with one attached hydrogen (secondary N) is 2. The van der Waals surface area contributed by atoms with E-state index in [9.17, 15) is 18.0 Å². The summed E-state index contributed by atoms with van der Waals surface area (Å²) in [5.74, 6) is 0. The fourth-order valence-electron chi connectivity index (χ4n) is 1.68. The van der Waals surface area contributed by atoms with Crippen molar-refractivity contribution in [2.45, 2.75) is 11.4 Å². The van der Waals surface area contributed by atoms with Gasteiger partial charge < -0.3 is 9.55 Å². The molecule has 2 N–H and O–H groups in total. The van der Waals surface area contributed by atoms with Crippen LogP contribution in [0.2, 0.25) is 0 Å². The first-order valence-corrected chi connectivity index (χ1v) is 7.19. The summed E-state index contributed by atoms with van der Waals surface area (Å²) in [6.07, 6.45) is 4.32. The normalized spacial score (nSPS) is 11.7. The minimum absolute atomic E-state index is 0.0534. The van der Waals surface area contributed by atoms with Crippen LogP contribution >= 0.6 is 0 Å². The summed E-state index contributed by atoms with van der Waals surface area (Å²) in [7, 11) is -1.37. The Hall–Kier alpha value is -2.13. The minimum atomic E-state index is -3.99. The molecule has 0 unspecified atom stereocenters. The summed E-state index contributed by atoms with van der Waals surface area (Å²) >= 11 is 0. The summed E-state index contributed by atoms with van der Waals surface area (Å²) < 4.78 is 28.3. The van der Waals surface area contributed by atoms with Crippen LogP contribution in [-0.4, -0.2) is 22.5 Å². The van der Waals surface area contributed by atoms with Crippen LogP contribution in [0.3, 0.4) is 0 Å². The van der Waals surface area contributed by atoms with Crippen LogP contribution in [0.25, 0.3) is 0 Å². The number of aromatic nitrogens is 3. The van der Waals surface area contributed by atoms with E-state index in [1.165, 1.54) is 14.1 Å². The number of sulfonamides is 1. The summed E-state index contributed by atoms with van der Waals surface area (Å²) in [4.78, 5) is 25.7. The van der Waals surface area contributed by atoms with Crippen molar-refractivity contribution < 1.29 is 8.42 Å². The van der Waals surface area contributed by atoms with Gasteiger partial charge >= 0.3 is 5.69 Å².